The van der Waals surface area contributed by atoms with Gasteiger partial charge in [0.2, 0.25) is 0 Å². The van der Waals surface area contributed by atoms with E-state index in [1.807, 2.05) is 12.1 Å². The second-order valence-electron chi connectivity index (χ2n) is 9.80. The summed E-state index contributed by atoms with van der Waals surface area (Å²) in [4.78, 5) is 13.0. The van der Waals surface area contributed by atoms with E-state index < -0.39 is 0 Å². The van der Waals surface area contributed by atoms with Crippen molar-refractivity contribution in [1.82, 2.24) is 9.88 Å². The number of nitrogens with zero attached hydrogens (tertiary/aromatic N) is 1. The maximum atomic E-state index is 13.0. The van der Waals surface area contributed by atoms with Gasteiger partial charge in [0.1, 0.15) is 0 Å². The summed E-state index contributed by atoms with van der Waals surface area (Å²) in [5, 5.41) is 3.31. The summed E-state index contributed by atoms with van der Waals surface area (Å²) in [7, 11) is 0. The summed E-state index contributed by atoms with van der Waals surface area (Å²) >= 11 is 0. The molecule has 1 fully saturated rings. The van der Waals surface area contributed by atoms with Gasteiger partial charge in [0.15, 0.2) is 0 Å². The third-order valence-corrected chi connectivity index (χ3v) is 7.78. The van der Waals surface area contributed by atoms with Crippen molar-refractivity contribution >= 4 is 5.91 Å². The standard InChI is InChI=1S/C29H34N2O/c1-20-9-8-13-26(21(20)2)30-29(32)23-15-17-25(18-16-23)31-27-14-7-6-12-24(27)19-28(31)22-10-4-3-5-11-22/h3-5,10-11,15-21,26H,6-9,12-14H2,1-2H3,(H,30,32)/t20-,21+,26+/m1/s1. The number of aromatic nitrogens is 1. The zero-order valence-corrected chi connectivity index (χ0v) is 19.3. The lowest BCUT2D eigenvalue weighted by Crippen LogP contribution is -2.43. The fourth-order valence-electron chi connectivity index (χ4n) is 5.61. The zero-order valence-electron chi connectivity index (χ0n) is 19.3. The van der Waals surface area contributed by atoms with Gasteiger partial charge in [-0.05, 0) is 85.4 Å². The molecule has 3 aromatic rings. The predicted molar refractivity (Wildman–Crippen MR) is 131 cm³/mol. The molecule has 3 heteroatoms. The van der Waals surface area contributed by atoms with Gasteiger partial charge in [0.25, 0.3) is 5.91 Å². The van der Waals surface area contributed by atoms with Crippen molar-refractivity contribution in [1.29, 1.82) is 0 Å². The highest BCUT2D eigenvalue weighted by Gasteiger charge is 2.28. The molecule has 0 radical (unpaired) electrons. The van der Waals surface area contributed by atoms with Crippen LogP contribution in [0.4, 0.5) is 0 Å². The second kappa shape index (κ2) is 8.97. The van der Waals surface area contributed by atoms with Crippen molar-refractivity contribution in [3.63, 3.8) is 0 Å². The topological polar surface area (TPSA) is 34.0 Å². The predicted octanol–water partition coefficient (Wildman–Crippen LogP) is 6.58. The molecule has 1 aromatic heterocycles. The van der Waals surface area contributed by atoms with Crippen LogP contribution in [0.5, 0.6) is 0 Å². The van der Waals surface area contributed by atoms with E-state index in [9.17, 15) is 4.79 Å². The Bertz CT molecular complexity index is 1080. The second-order valence-corrected chi connectivity index (χ2v) is 9.80. The summed E-state index contributed by atoms with van der Waals surface area (Å²) in [6.45, 7) is 4.58. The average molecular weight is 427 g/mol. The van der Waals surface area contributed by atoms with E-state index in [0.717, 1.165) is 30.5 Å². The minimum absolute atomic E-state index is 0.0558. The number of fused-ring (bicyclic) bond motifs is 1. The van der Waals surface area contributed by atoms with Crippen LogP contribution in [0.15, 0.2) is 60.7 Å². The molecule has 1 amide bonds. The molecule has 0 saturated heterocycles. The van der Waals surface area contributed by atoms with Crippen molar-refractivity contribution in [2.24, 2.45) is 11.8 Å². The van der Waals surface area contributed by atoms with Gasteiger partial charge in [-0.2, -0.15) is 0 Å². The Morgan fingerprint density at radius 1 is 0.906 bits per heavy atom. The molecule has 2 aliphatic rings. The quantitative estimate of drug-likeness (QED) is 0.502. The third kappa shape index (κ3) is 4.01. The van der Waals surface area contributed by atoms with Crippen molar-refractivity contribution in [3.05, 3.63) is 77.5 Å². The van der Waals surface area contributed by atoms with E-state index in [1.165, 1.54) is 48.2 Å². The van der Waals surface area contributed by atoms with Gasteiger partial charge in [0.05, 0.1) is 5.69 Å². The molecule has 3 atom stereocenters. The minimum Gasteiger partial charge on any atom is -0.349 e. The molecule has 1 saturated carbocycles. The van der Waals surface area contributed by atoms with Crippen LogP contribution in [0, 0.1) is 11.8 Å². The van der Waals surface area contributed by atoms with Crippen LogP contribution in [0.25, 0.3) is 16.9 Å². The monoisotopic (exact) mass is 426 g/mol. The van der Waals surface area contributed by atoms with Crippen LogP contribution in [0.2, 0.25) is 0 Å². The van der Waals surface area contributed by atoms with Crippen LogP contribution in [0.1, 0.15) is 67.6 Å². The number of rotatable bonds is 4. The first-order chi connectivity index (χ1) is 15.6. The van der Waals surface area contributed by atoms with E-state index >= 15 is 0 Å². The molecule has 0 aliphatic heterocycles. The van der Waals surface area contributed by atoms with E-state index in [2.05, 4.69) is 72.3 Å². The third-order valence-electron chi connectivity index (χ3n) is 7.78. The Morgan fingerprint density at radius 2 is 1.66 bits per heavy atom. The summed E-state index contributed by atoms with van der Waals surface area (Å²) in [6.07, 6.45) is 8.34. The average Bonchev–Trinajstić information content (AvgIpc) is 3.22. The molecule has 5 rings (SSSR count). The lowest BCUT2D eigenvalue weighted by Gasteiger charge is -2.34. The molecule has 1 N–H and O–H groups in total. The molecule has 32 heavy (non-hydrogen) atoms. The van der Waals surface area contributed by atoms with Crippen molar-refractivity contribution in [2.45, 2.75) is 64.8 Å². The molecule has 0 spiro atoms. The number of nitrogens with one attached hydrogen (secondary N) is 1. The molecule has 2 aliphatic carbocycles. The number of hydrogen-bond acceptors (Lipinski definition) is 1. The summed E-state index contributed by atoms with van der Waals surface area (Å²) in [5.41, 5.74) is 7.28. The number of aryl methyl sites for hydroxylation is 1. The van der Waals surface area contributed by atoms with Crippen molar-refractivity contribution in [2.75, 3.05) is 0 Å². The molecular weight excluding hydrogens is 392 g/mol. The first kappa shape index (κ1) is 21.1. The lowest BCUT2D eigenvalue weighted by atomic mass is 9.78. The Labute approximate surface area is 191 Å². The fraction of sp³-hybridized carbons (Fsp3) is 0.414. The van der Waals surface area contributed by atoms with E-state index in [4.69, 9.17) is 0 Å². The van der Waals surface area contributed by atoms with Crippen LogP contribution in [-0.2, 0) is 12.8 Å². The summed E-state index contributed by atoms with van der Waals surface area (Å²) < 4.78 is 2.41. The van der Waals surface area contributed by atoms with Crippen molar-refractivity contribution in [3.8, 4) is 16.9 Å². The smallest absolute Gasteiger partial charge is 0.251 e. The maximum absolute atomic E-state index is 13.0. The van der Waals surface area contributed by atoms with Gasteiger partial charge in [-0.25, -0.2) is 0 Å². The van der Waals surface area contributed by atoms with E-state index in [-0.39, 0.29) is 11.9 Å². The van der Waals surface area contributed by atoms with E-state index in [1.54, 1.807) is 0 Å². The number of amides is 1. The Morgan fingerprint density at radius 3 is 2.44 bits per heavy atom. The zero-order chi connectivity index (χ0) is 22.1. The first-order valence-corrected chi connectivity index (χ1v) is 12.3. The highest BCUT2D eigenvalue weighted by molar-refractivity contribution is 5.94. The number of benzene rings is 2. The highest BCUT2D eigenvalue weighted by atomic mass is 16.1. The molecule has 3 nitrogen and oxygen atoms in total. The Kier molecular flexibility index (Phi) is 5.91. The number of carbonyl (C=O) groups is 1. The lowest BCUT2D eigenvalue weighted by molar-refractivity contribution is 0.0891. The van der Waals surface area contributed by atoms with E-state index in [0.29, 0.717) is 11.8 Å². The highest BCUT2D eigenvalue weighted by Crippen LogP contribution is 2.34. The molecule has 2 aromatic carbocycles. The molecule has 166 valence electrons. The van der Waals surface area contributed by atoms with Gasteiger partial charge in [-0.3, -0.25) is 4.79 Å². The van der Waals surface area contributed by atoms with Crippen molar-refractivity contribution < 1.29 is 4.79 Å². The minimum atomic E-state index is 0.0558. The SMILES string of the molecule is C[C@H]1[C@H](C)CCC[C@@H]1NC(=O)c1ccc(-n2c(-c3ccccc3)cc3c2CCCC3)cc1. The summed E-state index contributed by atoms with van der Waals surface area (Å²) in [5.74, 6) is 1.26. The maximum Gasteiger partial charge on any atom is 0.251 e. The molecule has 0 bridgehead atoms. The van der Waals surface area contributed by atoms with Crippen LogP contribution >= 0.6 is 0 Å². The molecule has 1 heterocycles. The fourth-order valence-corrected chi connectivity index (χ4v) is 5.61. The Balaban J connectivity index is 1.43. The normalized spacial score (nSPS) is 22.9. The van der Waals surface area contributed by atoms with Gasteiger partial charge in [0, 0.05) is 23.0 Å². The summed E-state index contributed by atoms with van der Waals surface area (Å²) in [6, 6.07) is 21.5. The Hall–Kier alpha value is -2.81. The number of hydrogen-bond donors (Lipinski definition) is 1. The molecular formula is C29H34N2O. The first-order valence-electron chi connectivity index (χ1n) is 12.3. The number of carbonyl (C=O) groups excluding carboxylic acids is 1. The van der Waals surface area contributed by atoms with Gasteiger partial charge < -0.3 is 9.88 Å². The van der Waals surface area contributed by atoms with Crippen LogP contribution in [-0.4, -0.2) is 16.5 Å². The van der Waals surface area contributed by atoms with Gasteiger partial charge in [-0.1, -0.05) is 57.0 Å². The van der Waals surface area contributed by atoms with Gasteiger partial charge in [-0.15, -0.1) is 0 Å². The van der Waals surface area contributed by atoms with Crippen LogP contribution in [0.3, 0.4) is 0 Å². The van der Waals surface area contributed by atoms with Crippen LogP contribution < -0.4 is 5.32 Å². The molecule has 0 unspecified atom stereocenters. The largest absolute Gasteiger partial charge is 0.349 e. The van der Waals surface area contributed by atoms with Gasteiger partial charge >= 0.3 is 0 Å².